The van der Waals surface area contributed by atoms with Crippen molar-refractivity contribution < 1.29 is 0 Å². The summed E-state index contributed by atoms with van der Waals surface area (Å²) in [6.07, 6.45) is 5.74. The Balaban J connectivity index is 1.51. The molecular weight excluding hydrogens is 482 g/mol. The van der Waals surface area contributed by atoms with Crippen molar-refractivity contribution in [2.45, 2.75) is 90.9 Å². The highest BCUT2D eigenvalue weighted by molar-refractivity contribution is 6.00. The van der Waals surface area contributed by atoms with Crippen LogP contribution >= 0.6 is 0 Å². The van der Waals surface area contributed by atoms with E-state index in [1.54, 1.807) is 0 Å². The molecular formula is C39H43N. The summed E-state index contributed by atoms with van der Waals surface area (Å²) < 4.78 is 0. The summed E-state index contributed by atoms with van der Waals surface area (Å²) in [5.41, 5.74) is 11.1. The number of aryl methyl sites for hydroxylation is 1. The van der Waals surface area contributed by atoms with E-state index in [4.69, 9.17) is 4.98 Å². The predicted molar refractivity (Wildman–Crippen MR) is 173 cm³/mol. The molecule has 0 fully saturated rings. The summed E-state index contributed by atoms with van der Waals surface area (Å²) in [5.74, 6) is 0. The first-order chi connectivity index (χ1) is 18.8. The van der Waals surface area contributed by atoms with Crippen LogP contribution in [0.25, 0.3) is 43.9 Å². The maximum Gasteiger partial charge on any atom is 0.0780 e. The van der Waals surface area contributed by atoms with Crippen molar-refractivity contribution in [2.75, 3.05) is 0 Å². The number of pyridine rings is 1. The molecule has 0 unspecified atom stereocenters. The largest absolute Gasteiger partial charge is 0.256 e. The average molecular weight is 526 g/mol. The molecule has 40 heavy (non-hydrogen) atoms. The quantitative estimate of drug-likeness (QED) is 0.209. The lowest BCUT2D eigenvalue weighted by Gasteiger charge is -2.31. The Hall–Kier alpha value is -3.45. The third-order valence-corrected chi connectivity index (χ3v) is 9.45. The zero-order valence-corrected chi connectivity index (χ0v) is 25.6. The number of hydrogen-bond acceptors (Lipinski definition) is 1. The molecule has 0 amide bonds. The normalized spacial score (nSPS) is 16.6. The first-order valence-corrected chi connectivity index (χ1v) is 14.9. The van der Waals surface area contributed by atoms with Crippen LogP contribution in [0.2, 0.25) is 0 Å². The van der Waals surface area contributed by atoms with Gasteiger partial charge in [-0.15, -0.1) is 0 Å². The van der Waals surface area contributed by atoms with Crippen LogP contribution in [-0.2, 0) is 16.2 Å². The van der Waals surface area contributed by atoms with E-state index in [2.05, 4.69) is 128 Å². The molecule has 1 aliphatic rings. The van der Waals surface area contributed by atoms with Crippen LogP contribution in [0.5, 0.6) is 0 Å². The van der Waals surface area contributed by atoms with Gasteiger partial charge in [0.15, 0.2) is 0 Å². The number of benzene rings is 4. The van der Waals surface area contributed by atoms with Crippen molar-refractivity contribution in [1.29, 1.82) is 0 Å². The van der Waals surface area contributed by atoms with Crippen molar-refractivity contribution in [1.82, 2.24) is 4.98 Å². The molecule has 5 aromatic rings. The Labute approximate surface area is 240 Å². The molecule has 0 radical (unpaired) electrons. The smallest absolute Gasteiger partial charge is 0.0780 e. The van der Waals surface area contributed by atoms with Gasteiger partial charge in [-0.1, -0.05) is 103 Å². The Bertz CT molecular complexity index is 1760. The van der Waals surface area contributed by atoms with E-state index in [0.717, 1.165) is 5.69 Å². The van der Waals surface area contributed by atoms with Gasteiger partial charge in [0.05, 0.1) is 5.69 Å². The van der Waals surface area contributed by atoms with E-state index in [9.17, 15) is 0 Å². The molecule has 1 aliphatic carbocycles. The number of hydrogen-bond donors (Lipinski definition) is 0. The molecule has 0 bridgehead atoms. The summed E-state index contributed by atoms with van der Waals surface area (Å²) in [5, 5.41) is 5.04. The molecule has 0 atom stereocenters. The zero-order chi connectivity index (χ0) is 28.4. The summed E-state index contributed by atoms with van der Waals surface area (Å²) in [7, 11) is 0. The van der Waals surface area contributed by atoms with Crippen LogP contribution in [0, 0.1) is 6.92 Å². The molecule has 0 spiro atoms. The molecule has 0 N–H and O–H groups in total. The highest BCUT2D eigenvalue weighted by Crippen LogP contribution is 2.46. The fraction of sp³-hybridized carbons (Fsp3) is 0.359. The second kappa shape index (κ2) is 9.30. The molecule has 0 saturated heterocycles. The summed E-state index contributed by atoms with van der Waals surface area (Å²) in [6.45, 7) is 18.9. The Morgan fingerprint density at radius 3 is 2.05 bits per heavy atom. The molecule has 1 nitrogen and oxygen atoms in total. The van der Waals surface area contributed by atoms with Gasteiger partial charge in [0.1, 0.15) is 0 Å². The summed E-state index contributed by atoms with van der Waals surface area (Å²) >= 11 is 0. The standard InChI is InChI=1S/C39H43N/c1-25-20-34-35(39(7,8)18-11-17-38(34,5)6)24-32(25)27-14-15-31-28(21-27)16-19-40-36(31)29-22-26-12-9-10-13-30(26)33(23-29)37(2,3)4/h9-10,12-16,19-24H,11,17-18H2,1-8H3. The third kappa shape index (κ3) is 4.54. The van der Waals surface area contributed by atoms with Crippen LogP contribution in [0.1, 0.15) is 90.0 Å². The lowest BCUT2D eigenvalue weighted by Crippen LogP contribution is -2.22. The molecule has 1 heterocycles. The number of aromatic nitrogens is 1. The zero-order valence-electron chi connectivity index (χ0n) is 25.6. The minimum Gasteiger partial charge on any atom is -0.256 e. The average Bonchev–Trinajstić information content (AvgIpc) is 2.98. The van der Waals surface area contributed by atoms with E-state index >= 15 is 0 Å². The van der Waals surface area contributed by atoms with Gasteiger partial charge in [-0.3, -0.25) is 4.98 Å². The van der Waals surface area contributed by atoms with E-state index in [-0.39, 0.29) is 16.2 Å². The summed E-state index contributed by atoms with van der Waals surface area (Å²) in [6, 6.07) is 27.5. The topological polar surface area (TPSA) is 12.9 Å². The van der Waals surface area contributed by atoms with E-state index in [0.29, 0.717) is 0 Å². The van der Waals surface area contributed by atoms with Gasteiger partial charge in [0.2, 0.25) is 0 Å². The van der Waals surface area contributed by atoms with Crippen LogP contribution < -0.4 is 0 Å². The molecule has 204 valence electrons. The van der Waals surface area contributed by atoms with Gasteiger partial charge < -0.3 is 0 Å². The van der Waals surface area contributed by atoms with Crippen molar-refractivity contribution in [3.05, 3.63) is 101 Å². The first kappa shape index (κ1) is 26.8. The van der Waals surface area contributed by atoms with Gasteiger partial charge in [-0.05, 0) is 110 Å². The molecule has 0 saturated carbocycles. The molecule has 1 aromatic heterocycles. The fourth-order valence-electron chi connectivity index (χ4n) is 7.02. The van der Waals surface area contributed by atoms with E-state index in [1.807, 2.05) is 6.20 Å². The summed E-state index contributed by atoms with van der Waals surface area (Å²) in [4.78, 5) is 4.93. The van der Waals surface area contributed by atoms with Gasteiger partial charge >= 0.3 is 0 Å². The third-order valence-electron chi connectivity index (χ3n) is 9.45. The lowest BCUT2D eigenvalue weighted by molar-refractivity contribution is 0.433. The minimum absolute atomic E-state index is 0.0402. The molecule has 6 rings (SSSR count). The second-order valence-corrected chi connectivity index (χ2v) is 14.4. The van der Waals surface area contributed by atoms with Gasteiger partial charge in [0.25, 0.3) is 0 Å². The Morgan fingerprint density at radius 1 is 0.675 bits per heavy atom. The van der Waals surface area contributed by atoms with Crippen LogP contribution in [0.3, 0.4) is 0 Å². The van der Waals surface area contributed by atoms with Crippen LogP contribution in [0.4, 0.5) is 0 Å². The number of nitrogens with zero attached hydrogens (tertiary/aromatic N) is 1. The monoisotopic (exact) mass is 525 g/mol. The fourth-order valence-corrected chi connectivity index (χ4v) is 7.02. The van der Waals surface area contributed by atoms with Crippen molar-refractivity contribution >= 4 is 21.5 Å². The van der Waals surface area contributed by atoms with Crippen molar-refractivity contribution in [2.24, 2.45) is 0 Å². The first-order valence-electron chi connectivity index (χ1n) is 14.9. The van der Waals surface area contributed by atoms with E-state index < -0.39 is 0 Å². The number of rotatable bonds is 2. The highest BCUT2D eigenvalue weighted by Gasteiger charge is 2.35. The second-order valence-electron chi connectivity index (χ2n) is 14.4. The molecule has 4 aromatic carbocycles. The Kier molecular flexibility index (Phi) is 6.22. The maximum absolute atomic E-state index is 4.93. The maximum atomic E-state index is 4.93. The highest BCUT2D eigenvalue weighted by atomic mass is 14.7. The molecule has 0 aliphatic heterocycles. The van der Waals surface area contributed by atoms with Gasteiger partial charge in [0, 0.05) is 17.1 Å². The SMILES string of the molecule is Cc1cc2c(cc1-c1ccc3c(-c4cc(C(C)(C)C)c5ccccc5c4)nccc3c1)C(C)(C)CCCC2(C)C. The van der Waals surface area contributed by atoms with Crippen LogP contribution in [0.15, 0.2) is 79.0 Å². The van der Waals surface area contributed by atoms with Crippen molar-refractivity contribution in [3.63, 3.8) is 0 Å². The van der Waals surface area contributed by atoms with Crippen LogP contribution in [-0.4, -0.2) is 4.98 Å². The van der Waals surface area contributed by atoms with Crippen molar-refractivity contribution in [3.8, 4) is 22.4 Å². The minimum atomic E-state index is 0.0402. The van der Waals surface area contributed by atoms with Gasteiger partial charge in [-0.25, -0.2) is 0 Å². The lowest BCUT2D eigenvalue weighted by atomic mass is 9.73. The van der Waals surface area contributed by atoms with E-state index in [1.165, 1.54) is 79.8 Å². The molecule has 1 heteroatoms. The Morgan fingerprint density at radius 2 is 1.32 bits per heavy atom. The predicted octanol–water partition coefficient (Wildman–Crippen LogP) is 11.1. The number of fused-ring (bicyclic) bond motifs is 3. The van der Waals surface area contributed by atoms with Gasteiger partial charge in [-0.2, -0.15) is 0 Å².